The first-order valence-electron chi connectivity index (χ1n) is 8.53. The van der Waals surface area contributed by atoms with Crippen LogP contribution in [0.15, 0.2) is 0 Å². The number of rotatable bonds is 5. The lowest BCUT2D eigenvalue weighted by molar-refractivity contribution is -0.0460. The van der Waals surface area contributed by atoms with Crippen molar-refractivity contribution >= 4 is 0 Å². The van der Waals surface area contributed by atoms with E-state index in [0.717, 1.165) is 57.6 Å². The first kappa shape index (κ1) is 14.9. The highest BCUT2D eigenvalue weighted by Crippen LogP contribution is 2.41. The Bertz CT molecular complexity index is 495. The molecule has 0 radical (unpaired) electrons. The first-order chi connectivity index (χ1) is 10.3. The maximum atomic E-state index is 6.16. The van der Waals surface area contributed by atoms with Gasteiger partial charge in [-0.1, -0.05) is 13.3 Å². The Morgan fingerprint density at radius 2 is 2.00 bits per heavy atom. The molecule has 116 valence electrons. The number of aromatic nitrogens is 2. The van der Waals surface area contributed by atoms with Crippen molar-refractivity contribution in [2.75, 3.05) is 13.2 Å². The Kier molecular flexibility index (Phi) is 4.55. The standard InChI is InChI=1S/C17H27N3O/c1-3-7-14-13-12-18-11-8-15(13)20-16(19-14)17(21-4-2)9-5-6-10-17/h18H,3-12H2,1-2H3. The summed E-state index contributed by atoms with van der Waals surface area (Å²) in [5, 5.41) is 3.45. The van der Waals surface area contributed by atoms with Crippen LogP contribution in [0.2, 0.25) is 0 Å². The van der Waals surface area contributed by atoms with Crippen molar-refractivity contribution in [3.05, 3.63) is 22.8 Å². The summed E-state index contributed by atoms with van der Waals surface area (Å²) in [4.78, 5) is 9.93. The molecule has 4 nitrogen and oxygen atoms in total. The van der Waals surface area contributed by atoms with E-state index in [1.807, 2.05) is 0 Å². The lowest BCUT2D eigenvalue weighted by Gasteiger charge is -2.30. The maximum Gasteiger partial charge on any atom is 0.160 e. The molecule has 21 heavy (non-hydrogen) atoms. The van der Waals surface area contributed by atoms with Crippen molar-refractivity contribution in [3.63, 3.8) is 0 Å². The van der Waals surface area contributed by atoms with Crippen LogP contribution in [0.4, 0.5) is 0 Å². The molecule has 0 saturated heterocycles. The average molecular weight is 289 g/mol. The molecule has 2 aliphatic rings. The van der Waals surface area contributed by atoms with Gasteiger partial charge in [-0.15, -0.1) is 0 Å². The second-order valence-electron chi connectivity index (χ2n) is 6.23. The first-order valence-corrected chi connectivity index (χ1v) is 8.53. The Morgan fingerprint density at radius 1 is 1.19 bits per heavy atom. The monoisotopic (exact) mass is 289 g/mol. The molecule has 0 atom stereocenters. The Balaban J connectivity index is 2.03. The molecule has 2 heterocycles. The minimum absolute atomic E-state index is 0.211. The van der Waals surface area contributed by atoms with Crippen LogP contribution in [-0.2, 0) is 29.7 Å². The molecule has 1 fully saturated rings. The predicted molar refractivity (Wildman–Crippen MR) is 83.2 cm³/mol. The number of aryl methyl sites for hydroxylation is 1. The molecule has 0 aromatic carbocycles. The Morgan fingerprint density at radius 3 is 2.71 bits per heavy atom. The van der Waals surface area contributed by atoms with Crippen molar-refractivity contribution in [1.29, 1.82) is 0 Å². The third kappa shape index (κ3) is 2.84. The molecule has 0 amide bonds. The predicted octanol–water partition coefficient (Wildman–Crippen LogP) is 2.88. The number of fused-ring (bicyclic) bond motifs is 1. The van der Waals surface area contributed by atoms with E-state index in [1.54, 1.807) is 0 Å². The molecule has 0 bridgehead atoms. The second kappa shape index (κ2) is 6.41. The molecule has 1 saturated carbocycles. The third-order valence-electron chi connectivity index (χ3n) is 4.74. The Hall–Kier alpha value is -1.00. The zero-order valence-corrected chi connectivity index (χ0v) is 13.4. The minimum Gasteiger partial charge on any atom is -0.367 e. The summed E-state index contributed by atoms with van der Waals surface area (Å²) < 4.78 is 6.16. The molecule has 1 N–H and O–H groups in total. The molecule has 0 unspecified atom stereocenters. The number of ether oxygens (including phenoxy) is 1. The summed E-state index contributed by atoms with van der Waals surface area (Å²) in [5.74, 6) is 0.964. The van der Waals surface area contributed by atoms with E-state index in [0.29, 0.717) is 0 Å². The van der Waals surface area contributed by atoms with E-state index in [1.165, 1.54) is 29.8 Å². The normalized spacial score (nSPS) is 20.5. The van der Waals surface area contributed by atoms with Crippen LogP contribution < -0.4 is 5.32 Å². The lowest BCUT2D eigenvalue weighted by atomic mass is 9.97. The van der Waals surface area contributed by atoms with E-state index >= 15 is 0 Å². The summed E-state index contributed by atoms with van der Waals surface area (Å²) in [7, 11) is 0. The van der Waals surface area contributed by atoms with Gasteiger partial charge in [0.25, 0.3) is 0 Å². The molecular formula is C17H27N3O. The molecule has 1 aromatic rings. The van der Waals surface area contributed by atoms with Crippen LogP contribution in [0.3, 0.4) is 0 Å². The van der Waals surface area contributed by atoms with Gasteiger partial charge in [0.2, 0.25) is 0 Å². The largest absolute Gasteiger partial charge is 0.367 e. The van der Waals surface area contributed by atoms with Crippen molar-refractivity contribution in [1.82, 2.24) is 15.3 Å². The van der Waals surface area contributed by atoms with Gasteiger partial charge in [0.1, 0.15) is 5.60 Å². The van der Waals surface area contributed by atoms with Crippen LogP contribution in [0.1, 0.15) is 68.7 Å². The quantitative estimate of drug-likeness (QED) is 0.905. The van der Waals surface area contributed by atoms with Crippen molar-refractivity contribution < 1.29 is 4.74 Å². The molecule has 3 rings (SSSR count). The molecule has 1 aliphatic carbocycles. The van der Waals surface area contributed by atoms with Gasteiger partial charge in [-0.05, 0) is 39.0 Å². The van der Waals surface area contributed by atoms with Gasteiger partial charge in [-0.3, -0.25) is 0 Å². The van der Waals surface area contributed by atoms with E-state index in [-0.39, 0.29) is 5.60 Å². The highest BCUT2D eigenvalue weighted by atomic mass is 16.5. The highest BCUT2D eigenvalue weighted by Gasteiger charge is 2.40. The SMILES string of the molecule is CCCc1nc(C2(OCC)CCCC2)nc2c1CNCC2. The molecule has 1 aromatic heterocycles. The molecular weight excluding hydrogens is 262 g/mol. The minimum atomic E-state index is -0.211. The highest BCUT2D eigenvalue weighted by molar-refractivity contribution is 5.30. The number of nitrogens with zero attached hydrogens (tertiary/aromatic N) is 2. The van der Waals surface area contributed by atoms with E-state index in [9.17, 15) is 0 Å². The number of nitrogens with one attached hydrogen (secondary N) is 1. The van der Waals surface area contributed by atoms with Crippen LogP contribution in [0.25, 0.3) is 0 Å². The number of hydrogen-bond acceptors (Lipinski definition) is 4. The lowest BCUT2D eigenvalue weighted by Crippen LogP contribution is -2.33. The zero-order valence-electron chi connectivity index (χ0n) is 13.4. The van der Waals surface area contributed by atoms with E-state index < -0.39 is 0 Å². The average Bonchev–Trinajstić information content (AvgIpc) is 2.98. The van der Waals surface area contributed by atoms with Crippen molar-refractivity contribution in [2.45, 2.75) is 70.9 Å². The number of hydrogen-bond donors (Lipinski definition) is 1. The van der Waals surface area contributed by atoms with Gasteiger partial charge in [-0.2, -0.15) is 0 Å². The van der Waals surface area contributed by atoms with Gasteiger partial charge >= 0.3 is 0 Å². The maximum absolute atomic E-state index is 6.16. The fourth-order valence-electron chi connectivity index (χ4n) is 3.72. The van der Waals surface area contributed by atoms with Gasteiger partial charge in [-0.25, -0.2) is 9.97 Å². The van der Waals surface area contributed by atoms with Crippen LogP contribution in [0.5, 0.6) is 0 Å². The van der Waals surface area contributed by atoms with Gasteiger partial charge < -0.3 is 10.1 Å². The Labute approximate surface area is 127 Å². The summed E-state index contributed by atoms with van der Waals surface area (Å²) in [6, 6.07) is 0. The van der Waals surface area contributed by atoms with Crippen molar-refractivity contribution in [3.8, 4) is 0 Å². The molecule has 1 aliphatic heterocycles. The molecule has 0 spiro atoms. The fourth-order valence-corrected chi connectivity index (χ4v) is 3.72. The van der Waals surface area contributed by atoms with Gasteiger partial charge in [0.15, 0.2) is 5.82 Å². The summed E-state index contributed by atoms with van der Waals surface area (Å²) in [6.45, 7) is 6.99. The summed E-state index contributed by atoms with van der Waals surface area (Å²) in [5.41, 5.74) is 3.64. The van der Waals surface area contributed by atoms with E-state index in [4.69, 9.17) is 14.7 Å². The van der Waals surface area contributed by atoms with Crippen LogP contribution in [-0.4, -0.2) is 23.1 Å². The smallest absolute Gasteiger partial charge is 0.160 e. The van der Waals surface area contributed by atoms with Gasteiger partial charge in [0, 0.05) is 37.4 Å². The third-order valence-corrected chi connectivity index (χ3v) is 4.74. The van der Waals surface area contributed by atoms with Crippen molar-refractivity contribution in [2.24, 2.45) is 0 Å². The van der Waals surface area contributed by atoms with Crippen LogP contribution in [0, 0.1) is 0 Å². The zero-order chi connectivity index (χ0) is 14.7. The topological polar surface area (TPSA) is 47.0 Å². The fraction of sp³-hybridized carbons (Fsp3) is 0.765. The van der Waals surface area contributed by atoms with E-state index in [2.05, 4.69) is 19.2 Å². The molecule has 4 heteroatoms. The summed E-state index contributed by atoms with van der Waals surface area (Å²) in [6.07, 6.45) is 7.79. The van der Waals surface area contributed by atoms with Crippen LogP contribution >= 0.6 is 0 Å². The van der Waals surface area contributed by atoms with Gasteiger partial charge in [0.05, 0.1) is 5.69 Å². The summed E-state index contributed by atoms with van der Waals surface area (Å²) >= 11 is 0. The second-order valence-corrected chi connectivity index (χ2v) is 6.23.